The van der Waals surface area contributed by atoms with Crippen molar-refractivity contribution in [1.82, 2.24) is 14.9 Å². The number of aromatic nitrogens is 2. The molecule has 0 radical (unpaired) electrons. The first-order valence-electron chi connectivity index (χ1n) is 11.7. The van der Waals surface area contributed by atoms with Crippen LogP contribution in [-0.2, 0) is 4.79 Å². The number of aliphatic hydroxyl groups is 1. The molecule has 7 nitrogen and oxygen atoms in total. The Morgan fingerprint density at radius 1 is 1.16 bits per heavy atom. The van der Waals surface area contributed by atoms with Crippen LogP contribution in [0.3, 0.4) is 0 Å². The van der Waals surface area contributed by atoms with Crippen LogP contribution >= 0.6 is 0 Å². The van der Waals surface area contributed by atoms with Crippen molar-refractivity contribution in [3.63, 3.8) is 0 Å². The van der Waals surface area contributed by atoms with Crippen LogP contribution < -0.4 is 9.64 Å². The van der Waals surface area contributed by atoms with Gasteiger partial charge in [0.05, 0.1) is 23.7 Å². The van der Waals surface area contributed by atoms with Crippen molar-refractivity contribution in [2.45, 2.75) is 32.7 Å². The van der Waals surface area contributed by atoms with Gasteiger partial charge in [0.1, 0.15) is 11.4 Å². The normalized spacial score (nSPS) is 16.0. The molecular weight excluding hydrogens is 499 g/mol. The molecule has 2 aromatic carbocycles. The van der Waals surface area contributed by atoms with E-state index in [2.05, 4.69) is 14.7 Å². The molecule has 0 aliphatic carbocycles. The lowest BCUT2D eigenvalue weighted by molar-refractivity contribution is -0.274. The smallest absolute Gasteiger partial charge is 0.406 e. The molecule has 1 aliphatic heterocycles. The van der Waals surface area contributed by atoms with Gasteiger partial charge in [-0.3, -0.25) is 4.79 Å². The number of benzene rings is 2. The molecule has 1 aromatic heterocycles. The third-order valence-electron chi connectivity index (χ3n) is 6.05. The van der Waals surface area contributed by atoms with Crippen molar-refractivity contribution in [3.8, 4) is 17.0 Å². The van der Waals surface area contributed by atoms with Crippen molar-refractivity contribution >= 4 is 22.8 Å². The van der Waals surface area contributed by atoms with E-state index in [9.17, 15) is 31.9 Å². The minimum absolute atomic E-state index is 0.0208. The van der Waals surface area contributed by atoms with Crippen LogP contribution in [-0.4, -0.2) is 64.5 Å². The molecule has 0 saturated carbocycles. The highest BCUT2D eigenvalue weighted by molar-refractivity contribution is 5.84. The molecule has 0 spiro atoms. The number of amides is 1. The highest BCUT2D eigenvalue weighted by Crippen LogP contribution is 2.35. The number of rotatable bonds is 7. The molecule has 0 unspecified atom stereocenters. The van der Waals surface area contributed by atoms with Gasteiger partial charge in [0, 0.05) is 43.2 Å². The first-order valence-corrected chi connectivity index (χ1v) is 11.7. The Morgan fingerprint density at radius 3 is 2.46 bits per heavy atom. The lowest BCUT2D eigenvalue weighted by Crippen LogP contribution is -2.45. The van der Waals surface area contributed by atoms with Crippen molar-refractivity contribution in [3.05, 3.63) is 48.0 Å². The lowest BCUT2D eigenvalue weighted by atomic mass is 10.1. The number of anilines is 1. The Hall–Kier alpha value is -3.54. The summed E-state index contributed by atoms with van der Waals surface area (Å²) in [6, 6.07) is 6.65. The molecule has 1 N–H and O–H groups in total. The number of halogens is 5. The maximum Gasteiger partial charge on any atom is 0.573 e. The summed E-state index contributed by atoms with van der Waals surface area (Å²) in [4.78, 5) is 25.1. The number of aliphatic hydroxyl groups excluding tert-OH is 1. The summed E-state index contributed by atoms with van der Waals surface area (Å²) in [6.45, 7) is 4.16. The number of hydrogen-bond acceptors (Lipinski definition) is 6. The van der Waals surface area contributed by atoms with Crippen molar-refractivity contribution in [2.24, 2.45) is 5.92 Å². The minimum Gasteiger partial charge on any atom is -0.406 e. The van der Waals surface area contributed by atoms with Crippen LogP contribution in [0.15, 0.2) is 36.4 Å². The second-order valence-electron chi connectivity index (χ2n) is 9.02. The van der Waals surface area contributed by atoms with Gasteiger partial charge in [0.25, 0.3) is 0 Å². The van der Waals surface area contributed by atoms with E-state index < -0.39 is 23.7 Å². The summed E-state index contributed by atoms with van der Waals surface area (Å²) in [5, 5.41) is 9.49. The third-order valence-corrected chi connectivity index (χ3v) is 6.05. The van der Waals surface area contributed by atoms with Crippen LogP contribution in [0.4, 0.5) is 27.8 Å². The summed E-state index contributed by atoms with van der Waals surface area (Å²) in [7, 11) is 0. The Labute approximate surface area is 209 Å². The van der Waals surface area contributed by atoms with Crippen LogP contribution in [0.2, 0.25) is 0 Å². The van der Waals surface area contributed by atoms with E-state index in [1.54, 1.807) is 23.6 Å². The predicted octanol–water partition coefficient (Wildman–Crippen LogP) is 4.53. The van der Waals surface area contributed by atoms with Gasteiger partial charge in [-0.05, 0) is 18.6 Å². The van der Waals surface area contributed by atoms with Crippen molar-refractivity contribution in [2.75, 3.05) is 31.1 Å². The molecular formula is C25H25F5N4O3. The molecule has 2 heterocycles. The molecule has 3 aromatic rings. The summed E-state index contributed by atoms with van der Waals surface area (Å²) < 4.78 is 70.4. The third kappa shape index (κ3) is 5.90. The topological polar surface area (TPSA) is 78.8 Å². The average molecular weight is 524 g/mol. The number of hydrogen-bond donors (Lipinski definition) is 1. The number of fused-ring (bicyclic) bond motifs is 1. The molecule has 1 saturated heterocycles. The number of nitrogens with zero attached hydrogens (tertiary/aromatic N) is 4. The van der Waals surface area contributed by atoms with Gasteiger partial charge in [-0.15, -0.1) is 13.2 Å². The molecule has 4 rings (SSSR count). The standard InChI is InChI=1S/C25H25F5N4O3/c1-14(2)24(36)34(8-9-35)16-6-7-33(13-16)23-22(15-4-3-5-17(10-15)37-25(28,29)30)31-20-11-18(26)19(27)12-21(20)32-23/h3-5,10-12,14,16,35H,6-9,13H2,1-2H3/t16-/m0/s1. The fourth-order valence-corrected chi connectivity index (χ4v) is 4.40. The lowest BCUT2D eigenvalue weighted by Gasteiger charge is -2.30. The van der Waals surface area contributed by atoms with E-state index in [0.29, 0.717) is 19.5 Å². The quantitative estimate of drug-likeness (QED) is 0.458. The minimum atomic E-state index is -4.90. The highest BCUT2D eigenvalue weighted by atomic mass is 19.4. The maximum absolute atomic E-state index is 14.0. The zero-order valence-corrected chi connectivity index (χ0v) is 20.1. The van der Waals surface area contributed by atoms with E-state index >= 15 is 0 Å². The Kier molecular flexibility index (Phi) is 7.49. The van der Waals surface area contributed by atoms with E-state index in [-0.39, 0.29) is 59.1 Å². The molecule has 37 heavy (non-hydrogen) atoms. The predicted molar refractivity (Wildman–Crippen MR) is 126 cm³/mol. The fourth-order valence-electron chi connectivity index (χ4n) is 4.40. The van der Waals surface area contributed by atoms with Gasteiger partial charge >= 0.3 is 6.36 Å². The Balaban J connectivity index is 1.78. The van der Waals surface area contributed by atoms with Gasteiger partial charge in [0.2, 0.25) is 5.91 Å². The number of carbonyl (C=O) groups excluding carboxylic acids is 1. The molecule has 1 atom stereocenters. The van der Waals surface area contributed by atoms with E-state index in [0.717, 1.165) is 24.3 Å². The van der Waals surface area contributed by atoms with Gasteiger partial charge in [-0.1, -0.05) is 26.0 Å². The summed E-state index contributed by atoms with van der Waals surface area (Å²) in [5.41, 5.74) is 0.460. The van der Waals surface area contributed by atoms with E-state index in [1.807, 2.05) is 0 Å². The molecule has 1 fully saturated rings. The second-order valence-corrected chi connectivity index (χ2v) is 9.02. The van der Waals surface area contributed by atoms with Crippen LogP contribution in [0, 0.1) is 17.6 Å². The first kappa shape index (κ1) is 26.5. The van der Waals surface area contributed by atoms with E-state index in [4.69, 9.17) is 0 Å². The first-order chi connectivity index (χ1) is 17.5. The van der Waals surface area contributed by atoms with Gasteiger partial charge < -0.3 is 19.6 Å². The molecule has 0 bridgehead atoms. The van der Waals surface area contributed by atoms with Crippen molar-refractivity contribution in [1.29, 1.82) is 0 Å². The maximum atomic E-state index is 14.0. The Bertz CT molecular complexity index is 1300. The molecule has 198 valence electrons. The summed E-state index contributed by atoms with van der Waals surface area (Å²) >= 11 is 0. The fraction of sp³-hybridized carbons (Fsp3) is 0.400. The largest absolute Gasteiger partial charge is 0.573 e. The zero-order chi connectivity index (χ0) is 26.9. The summed E-state index contributed by atoms with van der Waals surface area (Å²) in [5.74, 6) is -2.89. The summed E-state index contributed by atoms with van der Waals surface area (Å²) in [6.07, 6.45) is -4.37. The second kappa shape index (κ2) is 10.4. The number of ether oxygens (including phenoxy) is 1. The van der Waals surface area contributed by atoms with Gasteiger partial charge in [-0.2, -0.15) is 0 Å². The Morgan fingerprint density at radius 2 is 1.84 bits per heavy atom. The molecule has 1 amide bonds. The van der Waals surface area contributed by atoms with Crippen LogP contribution in [0.1, 0.15) is 20.3 Å². The monoisotopic (exact) mass is 524 g/mol. The SMILES string of the molecule is CC(C)C(=O)N(CCO)[C@H]1CCN(c2nc3cc(F)c(F)cc3nc2-c2cccc(OC(F)(F)F)c2)C1. The number of alkyl halides is 3. The van der Waals surface area contributed by atoms with Crippen LogP contribution in [0.5, 0.6) is 5.75 Å². The average Bonchev–Trinajstić information content (AvgIpc) is 3.31. The van der Waals surface area contributed by atoms with Crippen molar-refractivity contribution < 1.29 is 36.6 Å². The highest BCUT2D eigenvalue weighted by Gasteiger charge is 2.34. The molecule has 1 aliphatic rings. The number of carbonyl (C=O) groups is 1. The van der Waals surface area contributed by atoms with Crippen LogP contribution in [0.25, 0.3) is 22.3 Å². The molecule has 12 heteroatoms. The van der Waals surface area contributed by atoms with E-state index in [1.165, 1.54) is 12.1 Å². The zero-order valence-electron chi connectivity index (χ0n) is 20.1. The van der Waals surface area contributed by atoms with Gasteiger partial charge in [0.15, 0.2) is 17.5 Å². The van der Waals surface area contributed by atoms with Gasteiger partial charge in [-0.25, -0.2) is 18.7 Å².